The Labute approximate surface area is 347 Å². The van der Waals surface area contributed by atoms with Crippen molar-refractivity contribution in [1.82, 2.24) is 0 Å². The van der Waals surface area contributed by atoms with Gasteiger partial charge in [-0.2, -0.15) is 0 Å². The molecular formula is C54H47BN2S. The Hall–Kier alpha value is -5.84. The van der Waals surface area contributed by atoms with Gasteiger partial charge in [-0.05, 0) is 115 Å². The second-order valence-electron chi connectivity index (χ2n) is 18.5. The van der Waals surface area contributed by atoms with Crippen molar-refractivity contribution >= 4 is 78.0 Å². The lowest BCUT2D eigenvalue weighted by Crippen LogP contribution is -2.63. The van der Waals surface area contributed by atoms with Crippen LogP contribution in [0.2, 0.25) is 0 Å². The van der Waals surface area contributed by atoms with Crippen molar-refractivity contribution in [1.29, 1.82) is 0 Å². The number of benzene rings is 7. The smallest absolute Gasteiger partial charge is 0.249 e. The summed E-state index contributed by atoms with van der Waals surface area (Å²) in [5, 5.41) is 2.64. The predicted octanol–water partition coefficient (Wildman–Crippen LogP) is 12.9. The van der Waals surface area contributed by atoms with Crippen LogP contribution in [-0.4, -0.2) is 6.71 Å². The summed E-state index contributed by atoms with van der Waals surface area (Å²) in [5.74, 6) is 0. The van der Waals surface area contributed by atoms with Gasteiger partial charge in [-0.3, -0.25) is 0 Å². The van der Waals surface area contributed by atoms with Crippen LogP contribution in [0.15, 0.2) is 164 Å². The number of para-hydroxylation sites is 2. The van der Waals surface area contributed by atoms with Gasteiger partial charge < -0.3 is 9.80 Å². The monoisotopic (exact) mass is 766 g/mol. The molecule has 0 amide bonds. The fourth-order valence-electron chi connectivity index (χ4n) is 11.2. The standard InChI is InChI=1S/C54H47BN2S/c1-52(2)34-53(3,4)43-33-39(29-30-41(43)52)57-46-26-17-25-42-49(46)55(45-31-28-36(32-44(45)54(42,5)6)35-18-10-7-11-19-35)48-40-24-16-27-47(50(40)58-51(48)57)56(37-20-12-8-13-21-37)38-22-14-9-15-23-38/h7-33H,34H2,1-6H3. The minimum Gasteiger partial charge on any atom is -0.309 e. The van der Waals surface area contributed by atoms with Crippen molar-refractivity contribution in [2.24, 2.45) is 0 Å². The molecule has 0 N–H and O–H groups in total. The lowest BCUT2D eigenvalue weighted by molar-refractivity contribution is 0.403. The Kier molecular flexibility index (Phi) is 7.67. The highest BCUT2D eigenvalue weighted by Crippen LogP contribution is 2.54. The second kappa shape index (κ2) is 12.6. The van der Waals surface area contributed by atoms with Crippen LogP contribution < -0.4 is 26.2 Å². The van der Waals surface area contributed by atoms with Gasteiger partial charge >= 0.3 is 0 Å². The third-order valence-corrected chi connectivity index (χ3v) is 14.7. The zero-order valence-electron chi connectivity index (χ0n) is 34.2. The van der Waals surface area contributed by atoms with E-state index in [1.807, 2.05) is 11.3 Å². The number of anilines is 6. The van der Waals surface area contributed by atoms with Crippen LogP contribution in [-0.2, 0) is 16.2 Å². The molecule has 1 aliphatic carbocycles. The van der Waals surface area contributed by atoms with E-state index in [2.05, 4.69) is 215 Å². The molecule has 0 atom stereocenters. The number of thiophene rings is 1. The maximum Gasteiger partial charge on any atom is 0.249 e. The van der Waals surface area contributed by atoms with Crippen molar-refractivity contribution in [2.75, 3.05) is 9.80 Å². The normalized spacial score (nSPS) is 16.4. The van der Waals surface area contributed by atoms with Gasteiger partial charge in [0.25, 0.3) is 0 Å². The molecule has 4 heteroatoms. The Morgan fingerprint density at radius 2 is 1.19 bits per heavy atom. The predicted molar refractivity (Wildman–Crippen MR) is 251 cm³/mol. The van der Waals surface area contributed by atoms with Crippen LogP contribution in [0.25, 0.3) is 21.2 Å². The minimum absolute atomic E-state index is 0.0843. The molecule has 0 fully saturated rings. The molecule has 11 rings (SSSR count). The lowest BCUT2D eigenvalue weighted by Gasteiger charge is -2.44. The topological polar surface area (TPSA) is 6.48 Å². The van der Waals surface area contributed by atoms with E-state index in [0.29, 0.717) is 0 Å². The number of rotatable bonds is 5. The molecule has 0 spiro atoms. The summed E-state index contributed by atoms with van der Waals surface area (Å²) >= 11 is 1.95. The van der Waals surface area contributed by atoms with Gasteiger partial charge in [0.05, 0.1) is 15.4 Å². The summed E-state index contributed by atoms with van der Waals surface area (Å²) in [6.07, 6.45) is 1.14. The maximum atomic E-state index is 2.63. The van der Waals surface area contributed by atoms with E-state index in [0.717, 1.165) is 17.8 Å². The highest BCUT2D eigenvalue weighted by Gasteiger charge is 2.48. The van der Waals surface area contributed by atoms with Crippen LogP contribution >= 0.6 is 11.3 Å². The van der Waals surface area contributed by atoms with Crippen molar-refractivity contribution < 1.29 is 0 Å². The SMILES string of the molecule is CC1(C)CC(C)(C)c2cc(N3c4cccc5c4B(c4ccc(-c6ccccc6)cc4C5(C)C)c4c3sc3c(N(c5ccccc5)c5ccccc5)cccc43)ccc21. The lowest BCUT2D eigenvalue weighted by atomic mass is 9.30. The molecule has 58 heavy (non-hydrogen) atoms. The first-order valence-corrected chi connectivity index (χ1v) is 21.6. The molecule has 3 aliphatic rings. The summed E-state index contributed by atoms with van der Waals surface area (Å²) < 4.78 is 1.30. The second-order valence-corrected chi connectivity index (χ2v) is 19.5. The molecule has 8 aromatic rings. The van der Waals surface area contributed by atoms with E-state index < -0.39 is 0 Å². The molecule has 0 bridgehead atoms. The number of nitrogens with zero attached hydrogens (tertiary/aromatic N) is 2. The van der Waals surface area contributed by atoms with Crippen LogP contribution in [0.4, 0.5) is 33.4 Å². The quantitative estimate of drug-likeness (QED) is 0.161. The van der Waals surface area contributed by atoms with Gasteiger partial charge in [0.1, 0.15) is 0 Å². The van der Waals surface area contributed by atoms with Crippen LogP contribution in [0.3, 0.4) is 0 Å². The molecule has 0 saturated heterocycles. The van der Waals surface area contributed by atoms with Crippen molar-refractivity contribution in [3.05, 3.63) is 186 Å². The summed E-state index contributed by atoms with van der Waals surface area (Å²) in [4.78, 5) is 5.08. The first-order chi connectivity index (χ1) is 28.0. The molecule has 0 radical (unpaired) electrons. The molecular weight excluding hydrogens is 719 g/mol. The van der Waals surface area contributed by atoms with Gasteiger partial charge in [0.2, 0.25) is 6.71 Å². The Balaban J connectivity index is 1.22. The summed E-state index contributed by atoms with van der Waals surface area (Å²) in [7, 11) is 0. The third kappa shape index (κ3) is 5.10. The number of fused-ring (bicyclic) bond motifs is 7. The largest absolute Gasteiger partial charge is 0.309 e. The van der Waals surface area contributed by atoms with E-state index >= 15 is 0 Å². The average molecular weight is 767 g/mol. The fourth-order valence-corrected chi connectivity index (χ4v) is 12.5. The molecule has 7 aromatic carbocycles. The van der Waals surface area contributed by atoms with Gasteiger partial charge in [-0.25, -0.2) is 0 Å². The third-order valence-electron chi connectivity index (χ3n) is 13.5. The van der Waals surface area contributed by atoms with Gasteiger partial charge in [-0.15, -0.1) is 11.3 Å². The highest BCUT2D eigenvalue weighted by atomic mass is 32.1. The fraction of sp³-hybridized carbons (Fsp3) is 0.185. The van der Waals surface area contributed by atoms with Gasteiger partial charge in [0.15, 0.2) is 0 Å². The van der Waals surface area contributed by atoms with E-state index in [1.54, 1.807) is 0 Å². The van der Waals surface area contributed by atoms with Crippen molar-refractivity contribution in [3.8, 4) is 11.1 Å². The number of hydrogen-bond acceptors (Lipinski definition) is 3. The molecule has 1 aromatic heterocycles. The van der Waals surface area contributed by atoms with Crippen LogP contribution in [0.5, 0.6) is 0 Å². The highest BCUT2D eigenvalue weighted by molar-refractivity contribution is 7.27. The van der Waals surface area contributed by atoms with E-state index in [-0.39, 0.29) is 23.0 Å². The summed E-state index contributed by atoms with van der Waals surface area (Å²) in [6, 6.07) is 61.4. The zero-order valence-corrected chi connectivity index (χ0v) is 35.0. The maximum absolute atomic E-state index is 2.63. The Morgan fingerprint density at radius 1 is 0.534 bits per heavy atom. The molecule has 2 aliphatic heterocycles. The number of hydrogen-bond donors (Lipinski definition) is 0. The van der Waals surface area contributed by atoms with Crippen molar-refractivity contribution in [2.45, 2.75) is 64.2 Å². The molecule has 0 unspecified atom stereocenters. The van der Waals surface area contributed by atoms with Gasteiger partial charge in [0, 0.05) is 28.2 Å². The van der Waals surface area contributed by atoms with Crippen LogP contribution in [0, 0.1) is 0 Å². The van der Waals surface area contributed by atoms with Crippen LogP contribution in [0.1, 0.15) is 70.2 Å². The zero-order chi connectivity index (χ0) is 39.6. The van der Waals surface area contributed by atoms with E-state index in [9.17, 15) is 0 Å². The molecule has 3 heterocycles. The summed E-state index contributed by atoms with van der Waals surface area (Å²) in [5.41, 5.74) is 18.6. The summed E-state index contributed by atoms with van der Waals surface area (Å²) in [6.45, 7) is 14.7. The Morgan fingerprint density at radius 3 is 1.90 bits per heavy atom. The average Bonchev–Trinajstić information content (AvgIpc) is 3.71. The molecule has 282 valence electrons. The molecule has 2 nitrogen and oxygen atoms in total. The van der Waals surface area contributed by atoms with E-state index in [4.69, 9.17) is 0 Å². The first kappa shape index (κ1) is 35.3. The van der Waals surface area contributed by atoms with Gasteiger partial charge in [-0.1, -0.05) is 162 Å². The van der Waals surface area contributed by atoms with E-state index in [1.165, 1.54) is 81.9 Å². The Bertz CT molecular complexity index is 2870. The molecule has 0 saturated carbocycles. The minimum atomic E-state index is -0.205. The van der Waals surface area contributed by atoms with Crippen molar-refractivity contribution in [3.63, 3.8) is 0 Å². The first-order valence-electron chi connectivity index (χ1n) is 20.8.